The number of hydrogen-bond acceptors (Lipinski definition) is 4. The molecular formula is C20H36N4O2. The average molecular weight is 365 g/mol. The van der Waals surface area contributed by atoms with Gasteiger partial charge in [-0.05, 0) is 70.4 Å². The van der Waals surface area contributed by atoms with Gasteiger partial charge < -0.3 is 20.9 Å². The molecule has 1 saturated carbocycles. The van der Waals surface area contributed by atoms with Crippen LogP contribution in [0, 0.1) is 5.92 Å². The number of carbonyl (C=O) groups is 2. The van der Waals surface area contributed by atoms with E-state index < -0.39 is 0 Å². The Hall–Kier alpha value is -1.14. The molecule has 2 saturated heterocycles. The van der Waals surface area contributed by atoms with Crippen LogP contribution in [0.3, 0.4) is 0 Å². The number of rotatable bonds is 5. The second-order valence-electron chi connectivity index (χ2n) is 8.45. The topological polar surface area (TPSA) is 73.5 Å². The molecular weight excluding hydrogens is 328 g/mol. The fourth-order valence-corrected chi connectivity index (χ4v) is 4.67. The summed E-state index contributed by atoms with van der Waals surface area (Å²) in [6.07, 6.45) is 10.8. The van der Waals surface area contributed by atoms with Gasteiger partial charge in [0.05, 0.1) is 12.1 Å². The van der Waals surface area contributed by atoms with E-state index in [1.54, 1.807) is 0 Å². The molecule has 0 aromatic rings. The van der Waals surface area contributed by atoms with Crippen LogP contribution in [-0.2, 0) is 9.59 Å². The van der Waals surface area contributed by atoms with Crippen molar-refractivity contribution in [1.29, 1.82) is 0 Å². The summed E-state index contributed by atoms with van der Waals surface area (Å²) in [5, 5.41) is 9.92. The maximum atomic E-state index is 12.6. The van der Waals surface area contributed by atoms with Crippen molar-refractivity contribution in [3.63, 3.8) is 0 Å². The maximum absolute atomic E-state index is 12.6. The second-order valence-corrected chi connectivity index (χ2v) is 8.45. The third-order valence-electron chi connectivity index (χ3n) is 6.34. The van der Waals surface area contributed by atoms with Gasteiger partial charge in [-0.15, -0.1) is 0 Å². The van der Waals surface area contributed by atoms with Crippen LogP contribution in [0.5, 0.6) is 0 Å². The van der Waals surface area contributed by atoms with E-state index in [0.717, 1.165) is 71.0 Å². The molecule has 2 amide bonds. The van der Waals surface area contributed by atoms with Gasteiger partial charge >= 0.3 is 0 Å². The highest BCUT2D eigenvalue weighted by Crippen LogP contribution is 2.25. The average Bonchev–Trinajstić information content (AvgIpc) is 2.70. The first-order chi connectivity index (χ1) is 12.6. The first-order valence-electron chi connectivity index (χ1n) is 10.7. The predicted molar refractivity (Wildman–Crippen MR) is 103 cm³/mol. The SMILES string of the molecule is CN(CC1CCC(NC(=O)[C@H]2CCCCN2)CC1)C(=O)[C@H]1CCCCN1. The van der Waals surface area contributed by atoms with E-state index in [1.165, 1.54) is 12.8 Å². The normalized spacial score (nSPS) is 32.7. The molecule has 0 unspecified atom stereocenters. The molecule has 0 radical (unpaired) electrons. The van der Waals surface area contributed by atoms with Crippen molar-refractivity contribution in [2.45, 2.75) is 82.3 Å². The molecule has 6 heteroatoms. The largest absolute Gasteiger partial charge is 0.352 e. The van der Waals surface area contributed by atoms with Gasteiger partial charge in [0.15, 0.2) is 0 Å². The lowest BCUT2D eigenvalue weighted by atomic mass is 9.85. The zero-order chi connectivity index (χ0) is 18.4. The van der Waals surface area contributed by atoms with E-state index >= 15 is 0 Å². The number of amides is 2. The van der Waals surface area contributed by atoms with Gasteiger partial charge in [0, 0.05) is 19.6 Å². The van der Waals surface area contributed by atoms with Crippen LogP contribution in [-0.4, -0.2) is 61.5 Å². The van der Waals surface area contributed by atoms with Crippen LogP contribution < -0.4 is 16.0 Å². The molecule has 2 heterocycles. The Labute approximate surface area is 157 Å². The highest BCUT2D eigenvalue weighted by atomic mass is 16.2. The second kappa shape index (κ2) is 9.70. The predicted octanol–water partition coefficient (Wildman–Crippen LogP) is 1.40. The van der Waals surface area contributed by atoms with Crippen molar-refractivity contribution in [3.8, 4) is 0 Å². The van der Waals surface area contributed by atoms with Crippen LogP contribution in [0.15, 0.2) is 0 Å². The van der Waals surface area contributed by atoms with Crippen molar-refractivity contribution in [3.05, 3.63) is 0 Å². The number of hydrogen-bond donors (Lipinski definition) is 3. The zero-order valence-corrected chi connectivity index (χ0v) is 16.3. The molecule has 2 atom stereocenters. The van der Waals surface area contributed by atoms with Crippen molar-refractivity contribution < 1.29 is 9.59 Å². The monoisotopic (exact) mass is 364 g/mol. The molecule has 0 aromatic carbocycles. The Kier molecular flexibility index (Phi) is 7.32. The molecule has 26 heavy (non-hydrogen) atoms. The van der Waals surface area contributed by atoms with Crippen LogP contribution in [0.4, 0.5) is 0 Å². The fraction of sp³-hybridized carbons (Fsp3) is 0.900. The van der Waals surface area contributed by atoms with E-state index in [4.69, 9.17) is 0 Å². The van der Waals surface area contributed by atoms with Gasteiger partial charge in [0.25, 0.3) is 0 Å². The number of likely N-dealkylation sites (N-methyl/N-ethyl adjacent to an activating group) is 1. The molecule has 6 nitrogen and oxygen atoms in total. The summed E-state index contributed by atoms with van der Waals surface area (Å²) >= 11 is 0. The minimum absolute atomic E-state index is 0.00761. The van der Waals surface area contributed by atoms with E-state index in [1.807, 2.05) is 11.9 Å². The standard InChI is InChI=1S/C20H36N4O2/c1-24(20(26)18-7-3-5-13-22-18)14-15-8-10-16(11-9-15)23-19(25)17-6-2-4-12-21-17/h15-18,21-22H,2-14H2,1H3,(H,23,25)/t15?,16?,17-,18-/m1/s1. The molecule has 3 fully saturated rings. The summed E-state index contributed by atoms with van der Waals surface area (Å²) in [5.41, 5.74) is 0. The highest BCUT2D eigenvalue weighted by Gasteiger charge is 2.29. The number of carbonyl (C=O) groups excluding carboxylic acids is 2. The third kappa shape index (κ3) is 5.43. The van der Waals surface area contributed by atoms with Gasteiger partial charge in [-0.1, -0.05) is 12.8 Å². The van der Waals surface area contributed by atoms with Crippen LogP contribution >= 0.6 is 0 Å². The van der Waals surface area contributed by atoms with Crippen molar-refractivity contribution in [2.24, 2.45) is 5.92 Å². The molecule has 2 aliphatic heterocycles. The van der Waals surface area contributed by atoms with Crippen molar-refractivity contribution in [2.75, 3.05) is 26.7 Å². The first-order valence-corrected chi connectivity index (χ1v) is 10.7. The lowest BCUT2D eigenvalue weighted by Crippen LogP contribution is -2.51. The molecule has 3 rings (SSSR count). The van der Waals surface area contributed by atoms with Crippen molar-refractivity contribution >= 4 is 11.8 Å². The Morgan fingerprint density at radius 3 is 2.08 bits per heavy atom. The maximum Gasteiger partial charge on any atom is 0.239 e. The van der Waals surface area contributed by atoms with E-state index in [9.17, 15) is 9.59 Å². The lowest BCUT2D eigenvalue weighted by molar-refractivity contribution is -0.133. The Morgan fingerprint density at radius 2 is 1.50 bits per heavy atom. The highest BCUT2D eigenvalue weighted by molar-refractivity contribution is 5.82. The van der Waals surface area contributed by atoms with Gasteiger partial charge in [0.1, 0.15) is 0 Å². The number of piperidine rings is 2. The minimum Gasteiger partial charge on any atom is -0.352 e. The lowest BCUT2D eigenvalue weighted by Gasteiger charge is -2.34. The summed E-state index contributed by atoms with van der Waals surface area (Å²) in [6, 6.07) is 0.337. The first kappa shape index (κ1) is 19.6. The summed E-state index contributed by atoms with van der Waals surface area (Å²) < 4.78 is 0. The number of nitrogens with zero attached hydrogens (tertiary/aromatic N) is 1. The van der Waals surface area contributed by atoms with Crippen LogP contribution in [0.2, 0.25) is 0 Å². The molecule has 0 aromatic heterocycles. The summed E-state index contributed by atoms with van der Waals surface area (Å²) in [6.45, 7) is 2.77. The zero-order valence-electron chi connectivity index (χ0n) is 16.3. The number of nitrogens with one attached hydrogen (secondary N) is 3. The van der Waals surface area contributed by atoms with Crippen LogP contribution in [0.25, 0.3) is 0 Å². The molecule has 148 valence electrons. The third-order valence-corrected chi connectivity index (χ3v) is 6.34. The summed E-state index contributed by atoms with van der Waals surface area (Å²) in [4.78, 5) is 26.8. The molecule has 1 aliphatic carbocycles. The Bertz CT molecular complexity index is 464. The van der Waals surface area contributed by atoms with Gasteiger partial charge in [-0.25, -0.2) is 0 Å². The van der Waals surface area contributed by atoms with E-state index in [-0.39, 0.29) is 23.9 Å². The quantitative estimate of drug-likeness (QED) is 0.690. The van der Waals surface area contributed by atoms with Gasteiger partial charge in [0.2, 0.25) is 11.8 Å². The van der Waals surface area contributed by atoms with E-state index in [0.29, 0.717) is 12.0 Å². The van der Waals surface area contributed by atoms with Crippen molar-refractivity contribution in [1.82, 2.24) is 20.9 Å². The summed E-state index contributed by atoms with van der Waals surface area (Å²) in [5.74, 6) is 1.00. The molecule has 0 spiro atoms. The van der Waals surface area contributed by atoms with Crippen LogP contribution in [0.1, 0.15) is 64.2 Å². The Morgan fingerprint density at radius 1 is 0.885 bits per heavy atom. The fourth-order valence-electron chi connectivity index (χ4n) is 4.67. The Balaban J connectivity index is 1.36. The minimum atomic E-state index is 0.00761. The molecule has 0 bridgehead atoms. The van der Waals surface area contributed by atoms with Gasteiger partial charge in [-0.3, -0.25) is 9.59 Å². The molecule has 3 aliphatic rings. The molecule has 3 N–H and O–H groups in total. The van der Waals surface area contributed by atoms with E-state index in [2.05, 4.69) is 16.0 Å². The summed E-state index contributed by atoms with van der Waals surface area (Å²) in [7, 11) is 1.95. The van der Waals surface area contributed by atoms with Gasteiger partial charge in [-0.2, -0.15) is 0 Å². The smallest absolute Gasteiger partial charge is 0.239 e.